The molecule has 2 N–H and O–H groups in total. The summed E-state index contributed by atoms with van der Waals surface area (Å²) in [6.45, 7) is 1.32. The van der Waals surface area contributed by atoms with Crippen LogP contribution in [0.2, 0.25) is 0 Å². The summed E-state index contributed by atoms with van der Waals surface area (Å²) in [5.41, 5.74) is 5.89. The first-order valence-electron chi connectivity index (χ1n) is 6.80. The van der Waals surface area contributed by atoms with Gasteiger partial charge in [-0.05, 0) is 31.4 Å². The Labute approximate surface area is 115 Å². The molecule has 1 aromatic carbocycles. The molecule has 1 heterocycles. The van der Waals surface area contributed by atoms with Crippen molar-refractivity contribution < 1.29 is 13.7 Å². The summed E-state index contributed by atoms with van der Waals surface area (Å²) in [5, 5.41) is 0.180. The highest BCUT2D eigenvalue weighted by atomic mass is 32.2. The molecule has 0 amide bonds. The van der Waals surface area contributed by atoms with Crippen molar-refractivity contribution in [2.24, 2.45) is 5.73 Å². The predicted octanol–water partition coefficient (Wildman–Crippen LogP) is 1.84. The van der Waals surface area contributed by atoms with Crippen molar-refractivity contribution in [3.8, 4) is 11.5 Å². The van der Waals surface area contributed by atoms with Crippen LogP contribution in [-0.4, -0.2) is 28.7 Å². The van der Waals surface area contributed by atoms with Gasteiger partial charge in [-0.1, -0.05) is 0 Å². The van der Waals surface area contributed by atoms with E-state index in [-0.39, 0.29) is 11.3 Å². The smallest absolute Gasteiger partial charge is 0.162 e. The summed E-state index contributed by atoms with van der Waals surface area (Å²) in [5.74, 6) is 1.46. The lowest BCUT2D eigenvalue weighted by molar-refractivity contribution is 0.297. The molecule has 0 bridgehead atoms. The van der Waals surface area contributed by atoms with Crippen LogP contribution in [0.4, 0.5) is 0 Å². The molecule has 1 aliphatic heterocycles. The highest BCUT2D eigenvalue weighted by molar-refractivity contribution is 7.85. The minimum absolute atomic E-state index is 0.180. The fraction of sp³-hybridized carbons (Fsp3) is 0.571. The van der Waals surface area contributed by atoms with Crippen LogP contribution in [0.3, 0.4) is 0 Å². The van der Waals surface area contributed by atoms with E-state index in [1.807, 2.05) is 18.2 Å². The maximum Gasteiger partial charge on any atom is 0.162 e. The van der Waals surface area contributed by atoms with Crippen LogP contribution < -0.4 is 15.2 Å². The molecule has 0 aromatic heterocycles. The standard InChI is InChI=1S/C14H19NO3S/c15-10-2-3-11(8-10)19(16)12-4-5-13-14(9-12)18-7-1-6-17-13/h4-5,9-11H,1-3,6-8,15H2. The monoisotopic (exact) mass is 281 g/mol. The van der Waals surface area contributed by atoms with Crippen molar-refractivity contribution in [2.75, 3.05) is 13.2 Å². The Hall–Kier alpha value is -1.07. The SMILES string of the molecule is NC1CCC(S(=O)c2ccc3c(c2)OCCCO3)C1. The van der Waals surface area contributed by atoms with E-state index in [2.05, 4.69) is 0 Å². The second-order valence-electron chi connectivity index (χ2n) is 5.15. The van der Waals surface area contributed by atoms with Crippen LogP contribution in [0.5, 0.6) is 11.5 Å². The zero-order valence-electron chi connectivity index (χ0n) is 10.8. The number of rotatable bonds is 2. The van der Waals surface area contributed by atoms with Gasteiger partial charge in [0.05, 0.1) is 24.0 Å². The van der Waals surface area contributed by atoms with Gasteiger partial charge in [-0.15, -0.1) is 0 Å². The maximum absolute atomic E-state index is 12.5. The number of ether oxygens (including phenoxy) is 2. The lowest BCUT2D eigenvalue weighted by Crippen LogP contribution is -2.18. The van der Waals surface area contributed by atoms with Crippen molar-refractivity contribution in [2.45, 2.75) is 41.9 Å². The van der Waals surface area contributed by atoms with E-state index in [1.165, 1.54) is 0 Å². The molecule has 3 atom stereocenters. The number of fused-ring (bicyclic) bond motifs is 1. The van der Waals surface area contributed by atoms with E-state index in [1.54, 1.807) is 0 Å². The fourth-order valence-corrected chi connectivity index (χ4v) is 4.21. The first kappa shape index (κ1) is 12.9. The second-order valence-corrected chi connectivity index (χ2v) is 6.88. The van der Waals surface area contributed by atoms with Gasteiger partial charge in [-0.25, -0.2) is 0 Å². The van der Waals surface area contributed by atoms with Crippen LogP contribution in [0, 0.1) is 0 Å². The summed E-state index contributed by atoms with van der Waals surface area (Å²) in [6.07, 6.45) is 3.65. The molecule has 0 radical (unpaired) electrons. The molecule has 1 aliphatic carbocycles. The molecule has 1 saturated carbocycles. The Balaban J connectivity index is 1.81. The Bertz CT molecular complexity index is 492. The zero-order chi connectivity index (χ0) is 13.2. The molecule has 1 aromatic rings. The third-order valence-electron chi connectivity index (χ3n) is 3.68. The summed E-state index contributed by atoms with van der Waals surface area (Å²) >= 11 is 0. The quantitative estimate of drug-likeness (QED) is 0.898. The summed E-state index contributed by atoms with van der Waals surface area (Å²) in [4.78, 5) is 0.823. The van der Waals surface area contributed by atoms with Crippen molar-refractivity contribution in [1.29, 1.82) is 0 Å². The normalized spacial score (nSPS) is 27.8. The van der Waals surface area contributed by atoms with Crippen molar-refractivity contribution in [3.05, 3.63) is 18.2 Å². The highest BCUT2D eigenvalue weighted by Crippen LogP contribution is 2.34. The summed E-state index contributed by atoms with van der Waals surface area (Å²) in [7, 11) is -0.999. The molecular weight excluding hydrogens is 262 g/mol. The molecule has 104 valence electrons. The maximum atomic E-state index is 12.5. The van der Waals surface area contributed by atoms with Crippen molar-refractivity contribution >= 4 is 10.8 Å². The highest BCUT2D eigenvalue weighted by Gasteiger charge is 2.28. The fourth-order valence-electron chi connectivity index (χ4n) is 2.63. The Kier molecular flexibility index (Phi) is 3.75. The van der Waals surface area contributed by atoms with Crippen LogP contribution >= 0.6 is 0 Å². The van der Waals surface area contributed by atoms with Gasteiger partial charge in [0.15, 0.2) is 11.5 Å². The van der Waals surface area contributed by atoms with Gasteiger partial charge in [-0.2, -0.15) is 0 Å². The Morgan fingerprint density at radius 1 is 1.16 bits per heavy atom. The van der Waals surface area contributed by atoms with Gasteiger partial charge in [0.1, 0.15) is 0 Å². The second kappa shape index (κ2) is 5.51. The van der Waals surface area contributed by atoms with Crippen LogP contribution in [0.15, 0.2) is 23.1 Å². The van der Waals surface area contributed by atoms with Gasteiger partial charge in [0, 0.05) is 28.7 Å². The van der Waals surface area contributed by atoms with Gasteiger partial charge < -0.3 is 15.2 Å². The van der Waals surface area contributed by atoms with E-state index >= 15 is 0 Å². The first-order valence-corrected chi connectivity index (χ1v) is 8.01. The average Bonchev–Trinajstić information content (AvgIpc) is 2.72. The van der Waals surface area contributed by atoms with Crippen LogP contribution in [-0.2, 0) is 10.8 Å². The van der Waals surface area contributed by atoms with Crippen molar-refractivity contribution in [3.63, 3.8) is 0 Å². The van der Waals surface area contributed by atoms with Crippen LogP contribution in [0.1, 0.15) is 25.7 Å². The van der Waals surface area contributed by atoms with E-state index < -0.39 is 10.8 Å². The number of nitrogens with two attached hydrogens (primary N) is 1. The third-order valence-corrected chi connectivity index (χ3v) is 5.43. The largest absolute Gasteiger partial charge is 0.490 e. The molecule has 3 unspecified atom stereocenters. The lowest BCUT2D eigenvalue weighted by atomic mass is 10.3. The molecule has 0 spiro atoms. The predicted molar refractivity (Wildman–Crippen MR) is 74.1 cm³/mol. The Morgan fingerprint density at radius 2 is 1.95 bits per heavy atom. The molecule has 2 aliphatic rings. The molecular formula is C14H19NO3S. The van der Waals surface area contributed by atoms with Gasteiger partial charge in [0.25, 0.3) is 0 Å². The first-order chi connectivity index (χ1) is 9.24. The summed E-state index contributed by atoms with van der Waals surface area (Å²) in [6, 6.07) is 5.81. The minimum atomic E-state index is -0.999. The average molecular weight is 281 g/mol. The summed E-state index contributed by atoms with van der Waals surface area (Å²) < 4.78 is 23.7. The third kappa shape index (κ3) is 2.77. The molecule has 3 rings (SSSR count). The molecule has 5 heteroatoms. The van der Waals surface area contributed by atoms with E-state index in [9.17, 15) is 4.21 Å². The molecule has 0 saturated heterocycles. The molecule has 1 fully saturated rings. The Morgan fingerprint density at radius 3 is 2.68 bits per heavy atom. The lowest BCUT2D eigenvalue weighted by Gasteiger charge is -2.12. The number of benzene rings is 1. The van der Waals surface area contributed by atoms with Gasteiger partial charge >= 0.3 is 0 Å². The minimum Gasteiger partial charge on any atom is -0.490 e. The van der Waals surface area contributed by atoms with Gasteiger partial charge in [0.2, 0.25) is 0 Å². The van der Waals surface area contributed by atoms with Gasteiger partial charge in [-0.3, -0.25) is 4.21 Å². The topological polar surface area (TPSA) is 61.6 Å². The molecule has 19 heavy (non-hydrogen) atoms. The zero-order valence-corrected chi connectivity index (χ0v) is 11.7. The van der Waals surface area contributed by atoms with E-state index in [0.29, 0.717) is 19.0 Å². The van der Waals surface area contributed by atoms with E-state index in [4.69, 9.17) is 15.2 Å². The number of hydrogen-bond acceptors (Lipinski definition) is 4. The van der Waals surface area contributed by atoms with Crippen molar-refractivity contribution in [1.82, 2.24) is 0 Å². The van der Waals surface area contributed by atoms with Crippen LogP contribution in [0.25, 0.3) is 0 Å². The molecule has 4 nitrogen and oxygen atoms in total. The van der Waals surface area contributed by atoms with E-state index in [0.717, 1.165) is 36.3 Å². The number of hydrogen-bond donors (Lipinski definition) is 1.